The van der Waals surface area contributed by atoms with Crippen LogP contribution in [0.5, 0.6) is 5.75 Å². The van der Waals surface area contributed by atoms with Crippen LogP contribution in [0.1, 0.15) is 5.56 Å². The van der Waals surface area contributed by atoms with Gasteiger partial charge in [0, 0.05) is 31.5 Å². The van der Waals surface area contributed by atoms with Crippen LogP contribution in [0.15, 0.2) is 36.5 Å². The first kappa shape index (κ1) is 14.6. The van der Waals surface area contributed by atoms with Crippen LogP contribution >= 0.6 is 11.6 Å². The van der Waals surface area contributed by atoms with Crippen molar-refractivity contribution in [2.45, 2.75) is 6.54 Å². The van der Waals surface area contributed by atoms with E-state index in [2.05, 4.69) is 10.3 Å². The minimum Gasteiger partial charge on any atom is -0.497 e. The van der Waals surface area contributed by atoms with Crippen LogP contribution < -0.4 is 15.0 Å². The summed E-state index contributed by atoms with van der Waals surface area (Å²) in [6.07, 6.45) is 1.68. The summed E-state index contributed by atoms with van der Waals surface area (Å²) >= 11 is 6.13. The number of nitrogens with zero attached hydrogens (tertiary/aromatic N) is 2. The lowest BCUT2D eigenvalue weighted by Gasteiger charge is -2.20. The van der Waals surface area contributed by atoms with Gasteiger partial charge in [-0.15, -0.1) is 0 Å². The Bertz CT molecular complexity index is 589. The van der Waals surface area contributed by atoms with Crippen LogP contribution in [0, 0.1) is 0 Å². The van der Waals surface area contributed by atoms with Crippen LogP contribution in [0.25, 0.3) is 0 Å². The maximum absolute atomic E-state index is 6.13. The average molecular weight is 292 g/mol. The van der Waals surface area contributed by atoms with Crippen molar-refractivity contribution >= 4 is 23.1 Å². The molecule has 5 heteroatoms. The molecular formula is C15H18ClN3O. The molecule has 0 spiro atoms. The number of nitrogens with one attached hydrogen (secondary N) is 1. The molecule has 20 heavy (non-hydrogen) atoms. The molecule has 0 amide bonds. The van der Waals surface area contributed by atoms with Crippen LogP contribution in [0.2, 0.25) is 5.02 Å². The molecule has 0 bridgehead atoms. The lowest BCUT2D eigenvalue weighted by atomic mass is 10.2. The molecule has 1 heterocycles. The highest BCUT2D eigenvalue weighted by atomic mass is 35.5. The molecule has 0 saturated carbocycles. The van der Waals surface area contributed by atoms with E-state index in [1.54, 1.807) is 13.3 Å². The fraction of sp³-hybridized carbons (Fsp3) is 0.267. The average Bonchev–Trinajstić information content (AvgIpc) is 2.49. The number of rotatable bonds is 5. The van der Waals surface area contributed by atoms with E-state index in [4.69, 9.17) is 16.3 Å². The Labute approximate surface area is 124 Å². The second-order valence-electron chi connectivity index (χ2n) is 4.42. The monoisotopic (exact) mass is 291 g/mol. The van der Waals surface area contributed by atoms with Crippen molar-refractivity contribution in [3.8, 4) is 5.75 Å². The number of hydrogen-bond donors (Lipinski definition) is 1. The topological polar surface area (TPSA) is 37.4 Å². The van der Waals surface area contributed by atoms with E-state index in [0.717, 1.165) is 22.8 Å². The number of aromatic nitrogens is 1. The van der Waals surface area contributed by atoms with Gasteiger partial charge in [0.25, 0.3) is 0 Å². The van der Waals surface area contributed by atoms with E-state index in [0.29, 0.717) is 11.6 Å². The Morgan fingerprint density at radius 2 is 2.15 bits per heavy atom. The summed E-state index contributed by atoms with van der Waals surface area (Å²) in [5.41, 5.74) is 2.03. The smallest absolute Gasteiger partial charge is 0.133 e. The molecule has 1 aromatic carbocycles. The van der Waals surface area contributed by atoms with E-state index >= 15 is 0 Å². The first-order valence-corrected chi connectivity index (χ1v) is 6.70. The van der Waals surface area contributed by atoms with E-state index in [-0.39, 0.29) is 0 Å². The fourth-order valence-corrected chi connectivity index (χ4v) is 2.10. The zero-order valence-electron chi connectivity index (χ0n) is 11.9. The Balaban J connectivity index is 2.32. The quantitative estimate of drug-likeness (QED) is 0.918. The lowest BCUT2D eigenvalue weighted by molar-refractivity contribution is 0.415. The lowest BCUT2D eigenvalue weighted by Crippen LogP contribution is -2.13. The number of methoxy groups -OCH3 is 1. The first-order chi connectivity index (χ1) is 9.65. The van der Waals surface area contributed by atoms with Crippen molar-refractivity contribution in [2.24, 2.45) is 0 Å². The molecule has 1 aromatic heterocycles. The van der Waals surface area contributed by atoms with Crippen LogP contribution in [-0.2, 0) is 6.54 Å². The van der Waals surface area contributed by atoms with Gasteiger partial charge in [0.1, 0.15) is 11.6 Å². The molecule has 2 rings (SSSR count). The van der Waals surface area contributed by atoms with E-state index < -0.39 is 0 Å². The number of pyridine rings is 1. The summed E-state index contributed by atoms with van der Waals surface area (Å²) in [7, 11) is 5.51. The number of ether oxygens (including phenoxy) is 1. The predicted molar refractivity (Wildman–Crippen MR) is 83.1 cm³/mol. The van der Waals surface area contributed by atoms with E-state index in [1.165, 1.54) is 0 Å². The molecule has 0 aliphatic heterocycles. The Kier molecular flexibility index (Phi) is 4.82. The van der Waals surface area contributed by atoms with Crippen LogP contribution in [0.4, 0.5) is 11.5 Å². The van der Waals surface area contributed by atoms with Crippen molar-refractivity contribution in [2.75, 3.05) is 26.1 Å². The third-order valence-corrected chi connectivity index (χ3v) is 3.41. The molecule has 0 unspecified atom stereocenters. The van der Waals surface area contributed by atoms with Crippen LogP contribution in [0.3, 0.4) is 0 Å². The molecule has 0 radical (unpaired) electrons. The van der Waals surface area contributed by atoms with Gasteiger partial charge in [-0.05, 0) is 30.8 Å². The number of halogens is 1. The highest BCUT2D eigenvalue weighted by Gasteiger charge is 2.09. The number of anilines is 2. The Morgan fingerprint density at radius 1 is 1.35 bits per heavy atom. The summed E-state index contributed by atoms with van der Waals surface area (Å²) in [6, 6.07) is 9.83. The minimum absolute atomic E-state index is 0.669. The molecule has 4 nitrogen and oxygen atoms in total. The summed E-state index contributed by atoms with van der Waals surface area (Å²) in [5, 5.41) is 3.77. The predicted octanol–water partition coefficient (Wildman–Crippen LogP) is 3.23. The molecule has 0 aliphatic rings. The molecule has 1 N–H and O–H groups in total. The molecular weight excluding hydrogens is 274 g/mol. The van der Waals surface area contributed by atoms with Gasteiger partial charge in [-0.2, -0.15) is 0 Å². The second-order valence-corrected chi connectivity index (χ2v) is 4.83. The summed E-state index contributed by atoms with van der Waals surface area (Å²) < 4.78 is 5.24. The van der Waals surface area contributed by atoms with Gasteiger partial charge in [0.15, 0.2) is 0 Å². The van der Waals surface area contributed by atoms with Gasteiger partial charge in [0.05, 0.1) is 12.1 Å². The van der Waals surface area contributed by atoms with Crippen molar-refractivity contribution in [1.82, 2.24) is 10.3 Å². The molecule has 2 aromatic rings. The second kappa shape index (κ2) is 6.59. The zero-order valence-corrected chi connectivity index (χ0v) is 12.6. The largest absolute Gasteiger partial charge is 0.497 e. The van der Waals surface area contributed by atoms with Crippen molar-refractivity contribution < 1.29 is 4.74 Å². The van der Waals surface area contributed by atoms with Crippen molar-refractivity contribution in [1.29, 1.82) is 0 Å². The third kappa shape index (κ3) is 3.21. The minimum atomic E-state index is 0.669. The zero-order chi connectivity index (χ0) is 14.5. The molecule has 0 aliphatic carbocycles. The number of benzene rings is 1. The highest BCUT2D eigenvalue weighted by molar-refractivity contribution is 6.31. The van der Waals surface area contributed by atoms with Gasteiger partial charge in [-0.1, -0.05) is 17.7 Å². The maximum atomic E-state index is 6.13. The van der Waals surface area contributed by atoms with Gasteiger partial charge in [-0.3, -0.25) is 0 Å². The van der Waals surface area contributed by atoms with Gasteiger partial charge in [-0.25, -0.2) is 4.98 Å². The Morgan fingerprint density at radius 3 is 2.85 bits per heavy atom. The molecule has 0 fully saturated rings. The maximum Gasteiger partial charge on any atom is 0.133 e. The van der Waals surface area contributed by atoms with Gasteiger partial charge >= 0.3 is 0 Å². The molecule has 0 saturated heterocycles. The van der Waals surface area contributed by atoms with Gasteiger partial charge < -0.3 is 15.0 Å². The summed E-state index contributed by atoms with van der Waals surface area (Å²) in [6.45, 7) is 0.709. The SMILES string of the molecule is CNCc1cc(N(C)c2cccc(OC)c2)ncc1Cl. The normalized spacial score (nSPS) is 10.4. The molecule has 106 valence electrons. The Hall–Kier alpha value is -1.78. The van der Waals surface area contributed by atoms with Crippen molar-refractivity contribution in [3.63, 3.8) is 0 Å². The molecule has 0 atom stereocenters. The number of hydrogen-bond acceptors (Lipinski definition) is 4. The fourth-order valence-electron chi connectivity index (χ4n) is 1.93. The standard InChI is InChI=1S/C15H18ClN3O/c1-17-9-11-7-15(18-10-14(11)16)19(2)12-5-4-6-13(8-12)20-3/h4-8,10,17H,9H2,1-3H3. The van der Waals surface area contributed by atoms with Crippen LogP contribution in [-0.4, -0.2) is 26.2 Å². The highest BCUT2D eigenvalue weighted by Crippen LogP contribution is 2.27. The van der Waals surface area contributed by atoms with E-state index in [9.17, 15) is 0 Å². The summed E-state index contributed by atoms with van der Waals surface area (Å²) in [5.74, 6) is 1.66. The third-order valence-electron chi connectivity index (χ3n) is 3.07. The first-order valence-electron chi connectivity index (χ1n) is 6.32. The van der Waals surface area contributed by atoms with E-state index in [1.807, 2.05) is 49.3 Å². The van der Waals surface area contributed by atoms with Gasteiger partial charge in [0.2, 0.25) is 0 Å². The summed E-state index contributed by atoms with van der Waals surface area (Å²) in [4.78, 5) is 6.38. The van der Waals surface area contributed by atoms with Crippen molar-refractivity contribution in [3.05, 3.63) is 47.1 Å².